The number of carbonyl (C=O) groups is 1. The number of nitrogens with two attached hydrogens (primary N) is 1. The van der Waals surface area contributed by atoms with E-state index in [0.29, 0.717) is 17.8 Å². The second-order valence-electron chi connectivity index (χ2n) is 3.53. The summed E-state index contributed by atoms with van der Waals surface area (Å²) >= 11 is 1.57. The molecule has 1 amide bonds. The van der Waals surface area contributed by atoms with E-state index in [-0.39, 0.29) is 11.7 Å². The summed E-state index contributed by atoms with van der Waals surface area (Å²) in [5.74, 6) is -0.257. The lowest BCUT2D eigenvalue weighted by atomic mass is 10.1. The van der Waals surface area contributed by atoms with E-state index in [2.05, 4.69) is 5.32 Å². The number of amides is 1. The molecule has 0 aliphatic rings. The average molecular weight is 248 g/mol. The van der Waals surface area contributed by atoms with Crippen molar-refractivity contribution in [2.75, 3.05) is 5.73 Å². The molecule has 0 aliphatic heterocycles. The molecule has 88 valence electrons. The number of hydrogen-bond acceptors (Lipinski definition) is 4. The minimum atomic E-state index is -0.285. The molecule has 1 aromatic carbocycles. The van der Waals surface area contributed by atoms with Gasteiger partial charge in [0.2, 0.25) is 0 Å². The second kappa shape index (κ2) is 4.88. The van der Waals surface area contributed by atoms with Crippen LogP contribution in [0.1, 0.15) is 15.2 Å². The standard InChI is InChI=1S/C12H12N2O2S/c13-11-4-3-8(15)6-10(11)12(16)14-7-9-2-1-5-17-9/h1-6,15H,7,13H2,(H,14,16). The Bertz CT molecular complexity index is 523. The molecule has 17 heavy (non-hydrogen) atoms. The molecule has 4 nitrogen and oxygen atoms in total. The van der Waals surface area contributed by atoms with Gasteiger partial charge in [-0.1, -0.05) is 6.07 Å². The third-order valence-corrected chi connectivity index (χ3v) is 3.16. The molecular formula is C12H12N2O2S. The van der Waals surface area contributed by atoms with Crippen LogP contribution < -0.4 is 11.1 Å². The Kier molecular flexibility index (Phi) is 3.30. The fourth-order valence-corrected chi connectivity index (χ4v) is 2.06. The van der Waals surface area contributed by atoms with Gasteiger partial charge in [-0.3, -0.25) is 4.79 Å². The largest absolute Gasteiger partial charge is 0.508 e. The third-order valence-electron chi connectivity index (χ3n) is 2.28. The lowest BCUT2D eigenvalue weighted by Crippen LogP contribution is -2.23. The highest BCUT2D eigenvalue weighted by molar-refractivity contribution is 7.09. The quantitative estimate of drug-likeness (QED) is 0.574. The molecule has 2 rings (SSSR count). The van der Waals surface area contributed by atoms with Crippen molar-refractivity contribution in [2.45, 2.75) is 6.54 Å². The molecule has 0 atom stereocenters. The van der Waals surface area contributed by atoms with E-state index in [4.69, 9.17) is 5.73 Å². The highest BCUT2D eigenvalue weighted by Gasteiger charge is 2.10. The number of benzene rings is 1. The molecule has 0 saturated heterocycles. The summed E-state index contributed by atoms with van der Waals surface area (Å²) in [6, 6.07) is 8.19. The first-order valence-electron chi connectivity index (χ1n) is 5.06. The molecule has 0 aliphatic carbocycles. The van der Waals surface area contributed by atoms with Gasteiger partial charge in [0.1, 0.15) is 5.75 Å². The smallest absolute Gasteiger partial charge is 0.253 e. The van der Waals surface area contributed by atoms with Crippen LogP contribution in [0.3, 0.4) is 0 Å². The van der Waals surface area contributed by atoms with Crippen molar-refractivity contribution in [3.63, 3.8) is 0 Å². The molecular weight excluding hydrogens is 236 g/mol. The van der Waals surface area contributed by atoms with Crippen molar-refractivity contribution in [1.29, 1.82) is 0 Å². The summed E-state index contributed by atoms with van der Waals surface area (Å²) in [5, 5.41) is 14.0. The number of hydrogen-bond donors (Lipinski definition) is 3. The van der Waals surface area contributed by atoms with Gasteiger partial charge < -0.3 is 16.2 Å². The number of anilines is 1. The molecule has 1 heterocycles. The minimum absolute atomic E-state index is 0.0282. The molecule has 0 unspecified atom stereocenters. The monoisotopic (exact) mass is 248 g/mol. The summed E-state index contributed by atoms with van der Waals surface area (Å²) in [7, 11) is 0. The van der Waals surface area contributed by atoms with Gasteiger partial charge in [-0.05, 0) is 29.6 Å². The Labute approximate surface area is 103 Å². The maximum Gasteiger partial charge on any atom is 0.253 e. The van der Waals surface area contributed by atoms with Crippen LogP contribution >= 0.6 is 11.3 Å². The topological polar surface area (TPSA) is 75.3 Å². The Morgan fingerprint density at radius 2 is 2.24 bits per heavy atom. The zero-order chi connectivity index (χ0) is 12.3. The number of rotatable bonds is 3. The van der Waals surface area contributed by atoms with Crippen LogP contribution in [0, 0.1) is 0 Å². The molecule has 1 aromatic heterocycles. The Balaban J connectivity index is 2.07. The first kappa shape index (κ1) is 11.5. The lowest BCUT2D eigenvalue weighted by molar-refractivity contribution is 0.0952. The van der Waals surface area contributed by atoms with Gasteiger partial charge in [0, 0.05) is 10.6 Å². The Hall–Kier alpha value is -2.01. The number of nitrogen functional groups attached to an aromatic ring is 1. The Morgan fingerprint density at radius 3 is 2.94 bits per heavy atom. The van der Waals surface area contributed by atoms with Crippen LogP contribution in [-0.2, 0) is 6.54 Å². The summed E-state index contributed by atoms with van der Waals surface area (Å²) in [6.07, 6.45) is 0. The maximum absolute atomic E-state index is 11.8. The summed E-state index contributed by atoms with van der Waals surface area (Å²) in [4.78, 5) is 12.9. The average Bonchev–Trinajstić information content (AvgIpc) is 2.82. The fraction of sp³-hybridized carbons (Fsp3) is 0.0833. The van der Waals surface area contributed by atoms with Crippen molar-refractivity contribution in [3.05, 3.63) is 46.2 Å². The van der Waals surface area contributed by atoms with E-state index in [1.54, 1.807) is 11.3 Å². The second-order valence-corrected chi connectivity index (χ2v) is 4.57. The van der Waals surface area contributed by atoms with E-state index < -0.39 is 0 Å². The van der Waals surface area contributed by atoms with Crippen LogP contribution in [0.5, 0.6) is 5.75 Å². The van der Waals surface area contributed by atoms with Crippen LogP contribution in [0.4, 0.5) is 5.69 Å². The van der Waals surface area contributed by atoms with Crippen LogP contribution in [0.15, 0.2) is 35.7 Å². The zero-order valence-electron chi connectivity index (χ0n) is 9.01. The normalized spacial score (nSPS) is 10.1. The number of nitrogens with one attached hydrogen (secondary N) is 1. The number of phenolic OH excluding ortho intramolecular Hbond substituents is 1. The van der Waals surface area contributed by atoms with Crippen molar-refractivity contribution in [1.82, 2.24) is 5.32 Å². The highest BCUT2D eigenvalue weighted by Crippen LogP contribution is 2.18. The third kappa shape index (κ3) is 2.76. The van der Waals surface area contributed by atoms with E-state index in [1.165, 1.54) is 18.2 Å². The number of phenols is 1. The van der Waals surface area contributed by atoms with Gasteiger partial charge in [0.05, 0.1) is 12.1 Å². The van der Waals surface area contributed by atoms with Gasteiger partial charge in [0.15, 0.2) is 0 Å². The summed E-state index contributed by atoms with van der Waals surface area (Å²) in [6.45, 7) is 0.464. The predicted molar refractivity (Wildman–Crippen MR) is 68.0 cm³/mol. The van der Waals surface area contributed by atoms with Gasteiger partial charge >= 0.3 is 0 Å². The van der Waals surface area contributed by atoms with Gasteiger partial charge in [-0.2, -0.15) is 0 Å². The minimum Gasteiger partial charge on any atom is -0.508 e. The molecule has 4 N–H and O–H groups in total. The fourth-order valence-electron chi connectivity index (χ4n) is 1.42. The van der Waals surface area contributed by atoms with Crippen molar-refractivity contribution in [3.8, 4) is 5.75 Å². The van der Waals surface area contributed by atoms with E-state index in [9.17, 15) is 9.90 Å². The number of carbonyl (C=O) groups excluding carboxylic acids is 1. The van der Waals surface area contributed by atoms with E-state index >= 15 is 0 Å². The SMILES string of the molecule is Nc1ccc(O)cc1C(=O)NCc1cccs1. The summed E-state index contributed by atoms with van der Waals surface area (Å²) in [5.41, 5.74) is 6.32. The molecule has 0 bridgehead atoms. The van der Waals surface area contributed by atoms with Crippen molar-refractivity contribution in [2.24, 2.45) is 0 Å². The van der Waals surface area contributed by atoms with Gasteiger partial charge in [0.25, 0.3) is 5.91 Å². The van der Waals surface area contributed by atoms with Gasteiger partial charge in [-0.15, -0.1) is 11.3 Å². The highest BCUT2D eigenvalue weighted by atomic mass is 32.1. The lowest BCUT2D eigenvalue weighted by Gasteiger charge is -2.06. The maximum atomic E-state index is 11.8. The van der Waals surface area contributed by atoms with Crippen molar-refractivity contribution >= 4 is 22.9 Å². The molecule has 2 aromatic rings. The van der Waals surface area contributed by atoms with Gasteiger partial charge in [-0.25, -0.2) is 0 Å². The molecule has 0 radical (unpaired) electrons. The van der Waals surface area contributed by atoms with Crippen molar-refractivity contribution < 1.29 is 9.90 Å². The first-order valence-corrected chi connectivity index (χ1v) is 5.94. The number of aromatic hydroxyl groups is 1. The van der Waals surface area contributed by atoms with Crippen LogP contribution in [0.25, 0.3) is 0 Å². The van der Waals surface area contributed by atoms with Crippen LogP contribution in [0.2, 0.25) is 0 Å². The molecule has 5 heteroatoms. The molecule has 0 fully saturated rings. The van der Waals surface area contributed by atoms with Crippen LogP contribution in [-0.4, -0.2) is 11.0 Å². The zero-order valence-corrected chi connectivity index (χ0v) is 9.83. The first-order chi connectivity index (χ1) is 8.16. The predicted octanol–water partition coefficient (Wildman–Crippen LogP) is 1.97. The summed E-state index contributed by atoms with van der Waals surface area (Å²) < 4.78 is 0. The van der Waals surface area contributed by atoms with E-state index in [0.717, 1.165) is 4.88 Å². The Morgan fingerprint density at radius 1 is 1.41 bits per heavy atom. The molecule has 0 saturated carbocycles. The molecule has 0 spiro atoms. The number of thiophene rings is 1. The van der Waals surface area contributed by atoms with E-state index in [1.807, 2.05) is 17.5 Å².